The number of hydrogen-bond donors (Lipinski definition) is 5. The van der Waals surface area contributed by atoms with Gasteiger partial charge < -0.3 is 21.7 Å². The van der Waals surface area contributed by atoms with Gasteiger partial charge in [0.2, 0.25) is 11.8 Å². The lowest BCUT2D eigenvalue weighted by Gasteiger charge is -2.35. The standard InChI is InChI=1S/C21H21FN6O3S2/c1-10-2-7-13-14(8-10)33-21(24-13)25-15(29)9-32-20-27-17(23)16(19(31)28-20)26-18(30)11-3-5-12(22)6-4-11/h2-8,16-17,20,27H,9,23H2,1H3,(H,26,30)(H,28,31)(H,24,25,29). The number of aromatic nitrogens is 1. The van der Waals surface area contributed by atoms with Crippen LogP contribution in [-0.2, 0) is 9.59 Å². The zero-order valence-electron chi connectivity index (χ0n) is 17.4. The molecule has 3 unspecified atom stereocenters. The topological polar surface area (TPSA) is 138 Å². The van der Waals surface area contributed by atoms with Crippen LogP contribution < -0.4 is 27.0 Å². The van der Waals surface area contributed by atoms with Crippen LogP contribution in [0.1, 0.15) is 15.9 Å². The number of benzene rings is 2. The minimum atomic E-state index is -1.03. The number of thiazole rings is 1. The van der Waals surface area contributed by atoms with Gasteiger partial charge in [-0.15, -0.1) is 11.8 Å². The molecule has 3 aromatic rings. The number of fused-ring (bicyclic) bond motifs is 1. The van der Waals surface area contributed by atoms with Crippen LogP contribution in [0.15, 0.2) is 42.5 Å². The van der Waals surface area contributed by atoms with Gasteiger partial charge in [0, 0.05) is 5.56 Å². The third kappa shape index (κ3) is 5.66. The van der Waals surface area contributed by atoms with Crippen molar-refractivity contribution in [1.82, 2.24) is 20.9 Å². The van der Waals surface area contributed by atoms with Gasteiger partial charge in [0.1, 0.15) is 17.4 Å². The quantitative estimate of drug-likeness (QED) is 0.354. The van der Waals surface area contributed by atoms with Crippen molar-refractivity contribution in [2.75, 3.05) is 11.1 Å². The summed E-state index contributed by atoms with van der Waals surface area (Å²) < 4.78 is 14.0. The molecule has 3 amide bonds. The summed E-state index contributed by atoms with van der Waals surface area (Å²) in [5, 5.41) is 11.4. The summed E-state index contributed by atoms with van der Waals surface area (Å²) in [6.07, 6.45) is -0.879. The monoisotopic (exact) mass is 488 g/mol. The second kappa shape index (κ2) is 9.83. The predicted molar refractivity (Wildman–Crippen MR) is 126 cm³/mol. The lowest BCUT2D eigenvalue weighted by Crippen LogP contribution is -2.70. The number of anilines is 1. The number of aryl methyl sites for hydroxylation is 1. The molecule has 0 bridgehead atoms. The molecule has 2 heterocycles. The first-order valence-electron chi connectivity index (χ1n) is 9.95. The van der Waals surface area contributed by atoms with E-state index in [0.29, 0.717) is 5.13 Å². The maximum absolute atomic E-state index is 13.0. The summed E-state index contributed by atoms with van der Waals surface area (Å²) in [5.74, 6) is -1.73. The fourth-order valence-electron chi connectivity index (χ4n) is 3.17. The van der Waals surface area contributed by atoms with E-state index in [9.17, 15) is 18.8 Å². The molecule has 1 saturated heterocycles. The van der Waals surface area contributed by atoms with Crippen LogP contribution in [0.25, 0.3) is 10.2 Å². The van der Waals surface area contributed by atoms with Gasteiger partial charge in [0.15, 0.2) is 5.13 Å². The van der Waals surface area contributed by atoms with Crippen molar-refractivity contribution in [3.8, 4) is 0 Å². The molecule has 1 fully saturated rings. The van der Waals surface area contributed by atoms with Gasteiger partial charge in [-0.05, 0) is 48.9 Å². The van der Waals surface area contributed by atoms with Crippen LogP contribution in [0, 0.1) is 12.7 Å². The number of nitrogens with one attached hydrogen (secondary N) is 4. The Kier molecular flexibility index (Phi) is 6.88. The van der Waals surface area contributed by atoms with E-state index in [1.807, 2.05) is 25.1 Å². The molecule has 1 aliphatic rings. The molecule has 2 aromatic carbocycles. The molecule has 33 heavy (non-hydrogen) atoms. The molecule has 1 aliphatic heterocycles. The Labute approximate surface area is 196 Å². The molecule has 0 saturated carbocycles. The van der Waals surface area contributed by atoms with Crippen LogP contribution in [0.3, 0.4) is 0 Å². The van der Waals surface area contributed by atoms with Gasteiger partial charge >= 0.3 is 0 Å². The molecule has 172 valence electrons. The highest BCUT2D eigenvalue weighted by Gasteiger charge is 2.35. The first-order valence-corrected chi connectivity index (χ1v) is 11.8. The maximum Gasteiger partial charge on any atom is 0.252 e. The summed E-state index contributed by atoms with van der Waals surface area (Å²) in [4.78, 5) is 41.5. The lowest BCUT2D eigenvalue weighted by atomic mass is 10.1. The van der Waals surface area contributed by atoms with E-state index >= 15 is 0 Å². The highest BCUT2D eigenvalue weighted by Crippen LogP contribution is 2.26. The Hall–Kier alpha value is -3.06. The van der Waals surface area contributed by atoms with Crippen molar-refractivity contribution in [3.05, 3.63) is 59.4 Å². The van der Waals surface area contributed by atoms with Crippen molar-refractivity contribution in [1.29, 1.82) is 0 Å². The maximum atomic E-state index is 13.0. The number of thioether (sulfide) groups is 1. The molecule has 1 aromatic heterocycles. The average Bonchev–Trinajstić information content (AvgIpc) is 3.16. The number of carbonyl (C=O) groups excluding carboxylic acids is 3. The van der Waals surface area contributed by atoms with Gasteiger partial charge in [-0.3, -0.25) is 19.7 Å². The summed E-state index contributed by atoms with van der Waals surface area (Å²) >= 11 is 2.54. The van der Waals surface area contributed by atoms with Crippen LogP contribution in [0.5, 0.6) is 0 Å². The number of nitrogens with two attached hydrogens (primary N) is 1. The molecule has 0 radical (unpaired) electrons. The number of hydrogen-bond acceptors (Lipinski definition) is 8. The molecular formula is C21H21FN6O3S2. The Bertz CT molecular complexity index is 1200. The van der Waals surface area contributed by atoms with Gasteiger partial charge in [0.25, 0.3) is 5.91 Å². The Morgan fingerprint density at radius 3 is 2.73 bits per heavy atom. The highest BCUT2D eigenvalue weighted by atomic mass is 32.2. The Morgan fingerprint density at radius 2 is 2.00 bits per heavy atom. The second-order valence-corrected chi connectivity index (χ2v) is 9.51. The fourth-order valence-corrected chi connectivity index (χ4v) is 4.99. The van der Waals surface area contributed by atoms with Crippen molar-refractivity contribution >= 4 is 56.2 Å². The molecule has 4 rings (SSSR count). The minimum absolute atomic E-state index is 0.0478. The molecule has 0 spiro atoms. The van der Waals surface area contributed by atoms with E-state index < -0.39 is 35.3 Å². The van der Waals surface area contributed by atoms with Crippen molar-refractivity contribution in [3.63, 3.8) is 0 Å². The molecule has 0 aliphatic carbocycles. The van der Waals surface area contributed by atoms with E-state index in [1.54, 1.807) is 0 Å². The smallest absolute Gasteiger partial charge is 0.252 e. The van der Waals surface area contributed by atoms with Crippen LogP contribution >= 0.6 is 23.1 Å². The summed E-state index contributed by atoms with van der Waals surface area (Å²) in [6.45, 7) is 1.99. The average molecular weight is 489 g/mol. The highest BCUT2D eigenvalue weighted by molar-refractivity contribution is 8.00. The van der Waals surface area contributed by atoms with Crippen molar-refractivity contribution < 1.29 is 18.8 Å². The molecule has 3 atom stereocenters. The summed E-state index contributed by atoms with van der Waals surface area (Å²) in [7, 11) is 0. The van der Waals surface area contributed by atoms with Crippen LogP contribution in [-0.4, -0.2) is 46.2 Å². The first kappa shape index (κ1) is 23.1. The third-order valence-electron chi connectivity index (χ3n) is 4.82. The largest absolute Gasteiger partial charge is 0.338 e. The number of halogens is 1. The Balaban J connectivity index is 1.27. The van der Waals surface area contributed by atoms with Crippen molar-refractivity contribution in [2.24, 2.45) is 5.73 Å². The number of nitrogens with zero attached hydrogens (tertiary/aromatic N) is 1. The minimum Gasteiger partial charge on any atom is -0.338 e. The first-order chi connectivity index (χ1) is 15.8. The van der Waals surface area contributed by atoms with E-state index in [1.165, 1.54) is 23.5 Å². The zero-order valence-corrected chi connectivity index (χ0v) is 19.1. The summed E-state index contributed by atoms with van der Waals surface area (Å²) in [6, 6.07) is 9.77. The van der Waals surface area contributed by atoms with E-state index in [4.69, 9.17) is 5.73 Å². The van der Waals surface area contributed by atoms with Gasteiger partial charge in [-0.2, -0.15) is 0 Å². The van der Waals surface area contributed by atoms with E-state index in [-0.39, 0.29) is 17.2 Å². The van der Waals surface area contributed by atoms with Crippen LogP contribution in [0.2, 0.25) is 0 Å². The van der Waals surface area contributed by atoms with Crippen molar-refractivity contribution in [2.45, 2.75) is 24.6 Å². The number of carbonyl (C=O) groups is 3. The zero-order chi connectivity index (χ0) is 23.5. The molecule has 6 N–H and O–H groups in total. The molecule has 9 nitrogen and oxygen atoms in total. The number of rotatable bonds is 6. The third-order valence-corrected chi connectivity index (χ3v) is 6.77. The van der Waals surface area contributed by atoms with E-state index in [2.05, 4.69) is 26.3 Å². The Morgan fingerprint density at radius 1 is 1.24 bits per heavy atom. The summed E-state index contributed by atoms with van der Waals surface area (Å²) in [5.41, 5.74) is 7.54. The van der Waals surface area contributed by atoms with Gasteiger partial charge in [0.05, 0.1) is 22.1 Å². The fraction of sp³-hybridized carbons (Fsp3) is 0.238. The SMILES string of the molecule is Cc1ccc2nc(NC(=O)CSC3NC(=O)C(NC(=O)c4ccc(F)cc4)C(N)N3)sc2c1. The number of amides is 3. The molecule has 12 heteroatoms. The molecular weight excluding hydrogens is 467 g/mol. The second-order valence-electron chi connectivity index (χ2n) is 7.39. The lowest BCUT2D eigenvalue weighted by molar-refractivity contribution is -0.125. The normalized spacial score (nSPS) is 20.3. The predicted octanol–water partition coefficient (Wildman–Crippen LogP) is 1.50. The van der Waals surface area contributed by atoms with E-state index in [0.717, 1.165) is 39.7 Å². The van der Waals surface area contributed by atoms with Gasteiger partial charge in [-0.1, -0.05) is 17.4 Å². The van der Waals surface area contributed by atoms with Gasteiger partial charge in [-0.25, -0.2) is 9.37 Å². The van der Waals surface area contributed by atoms with Crippen LogP contribution in [0.4, 0.5) is 9.52 Å².